The highest BCUT2D eigenvalue weighted by Crippen LogP contribution is 2.20. The van der Waals surface area contributed by atoms with Gasteiger partial charge in [-0.15, -0.1) is 0 Å². The molecule has 0 fully saturated rings. The Kier molecular flexibility index (Phi) is 3.18. The minimum Gasteiger partial charge on any atom is -0.507 e. The molecule has 1 aromatic carbocycles. The molecular weight excluding hydrogens is 242 g/mol. The highest BCUT2D eigenvalue weighted by Gasteiger charge is 2.14. The van der Waals surface area contributed by atoms with Gasteiger partial charge in [-0.25, -0.2) is 8.78 Å². The molecule has 6 heteroatoms. The number of carbonyl (C=O) groups is 1. The van der Waals surface area contributed by atoms with Crippen molar-refractivity contribution < 1.29 is 18.7 Å². The topological polar surface area (TPSA) is 62.2 Å². The van der Waals surface area contributed by atoms with Crippen molar-refractivity contribution in [1.29, 1.82) is 0 Å². The standard InChI is InChI=1S/C12H8F2N2O2/c13-7-1-2-11(17)8(5-7)12(18)16-10-3-4-15-6-9(10)14/h1-6,17H,(H,15,16,18). The first-order valence-electron chi connectivity index (χ1n) is 4.97. The van der Waals surface area contributed by atoms with Crippen LogP contribution in [0.5, 0.6) is 5.75 Å². The number of hydrogen-bond donors (Lipinski definition) is 2. The molecule has 0 spiro atoms. The van der Waals surface area contributed by atoms with Crippen molar-refractivity contribution in [3.63, 3.8) is 0 Å². The van der Waals surface area contributed by atoms with E-state index in [1.165, 1.54) is 12.3 Å². The maximum atomic E-state index is 13.2. The van der Waals surface area contributed by atoms with E-state index in [0.29, 0.717) is 0 Å². The van der Waals surface area contributed by atoms with E-state index < -0.39 is 17.5 Å². The number of rotatable bonds is 2. The Morgan fingerprint density at radius 3 is 2.78 bits per heavy atom. The van der Waals surface area contributed by atoms with Gasteiger partial charge >= 0.3 is 0 Å². The lowest BCUT2D eigenvalue weighted by Crippen LogP contribution is -2.13. The second-order valence-electron chi connectivity index (χ2n) is 3.47. The fraction of sp³-hybridized carbons (Fsp3) is 0. The van der Waals surface area contributed by atoms with Gasteiger partial charge in [0.25, 0.3) is 5.91 Å². The van der Waals surface area contributed by atoms with Gasteiger partial charge in [0.05, 0.1) is 17.4 Å². The molecule has 2 N–H and O–H groups in total. The third-order valence-corrected chi connectivity index (χ3v) is 2.22. The van der Waals surface area contributed by atoms with E-state index in [4.69, 9.17) is 0 Å². The molecule has 92 valence electrons. The number of hydrogen-bond acceptors (Lipinski definition) is 3. The van der Waals surface area contributed by atoms with Crippen LogP contribution in [0.3, 0.4) is 0 Å². The quantitative estimate of drug-likeness (QED) is 0.859. The smallest absolute Gasteiger partial charge is 0.259 e. The summed E-state index contributed by atoms with van der Waals surface area (Å²) in [6.45, 7) is 0. The Balaban J connectivity index is 2.28. The molecule has 2 rings (SSSR count). The van der Waals surface area contributed by atoms with Gasteiger partial charge < -0.3 is 10.4 Å². The zero-order valence-corrected chi connectivity index (χ0v) is 9.02. The first-order chi connectivity index (χ1) is 8.58. The van der Waals surface area contributed by atoms with Gasteiger partial charge in [-0.1, -0.05) is 0 Å². The monoisotopic (exact) mass is 250 g/mol. The minimum atomic E-state index is -0.808. The van der Waals surface area contributed by atoms with E-state index in [0.717, 1.165) is 24.4 Å². The highest BCUT2D eigenvalue weighted by atomic mass is 19.1. The molecule has 1 amide bonds. The van der Waals surface area contributed by atoms with Crippen molar-refractivity contribution in [2.75, 3.05) is 5.32 Å². The Morgan fingerprint density at radius 1 is 1.28 bits per heavy atom. The number of nitrogens with one attached hydrogen (secondary N) is 1. The van der Waals surface area contributed by atoms with Crippen LogP contribution in [0.15, 0.2) is 36.7 Å². The lowest BCUT2D eigenvalue weighted by molar-refractivity contribution is 0.102. The lowest BCUT2D eigenvalue weighted by atomic mass is 10.2. The first-order valence-corrected chi connectivity index (χ1v) is 4.97. The molecule has 0 aliphatic carbocycles. The molecular formula is C12H8F2N2O2. The van der Waals surface area contributed by atoms with Crippen molar-refractivity contribution in [3.8, 4) is 5.75 Å². The predicted octanol–water partition coefficient (Wildman–Crippen LogP) is 2.32. The number of aromatic nitrogens is 1. The molecule has 18 heavy (non-hydrogen) atoms. The van der Waals surface area contributed by atoms with E-state index in [9.17, 15) is 18.7 Å². The summed E-state index contributed by atoms with van der Waals surface area (Å²) in [5.41, 5.74) is -0.370. The van der Waals surface area contributed by atoms with Gasteiger partial charge in [-0.3, -0.25) is 9.78 Å². The molecule has 1 heterocycles. The van der Waals surface area contributed by atoms with Crippen molar-refractivity contribution in [2.45, 2.75) is 0 Å². The van der Waals surface area contributed by atoms with E-state index in [1.807, 2.05) is 0 Å². The number of benzene rings is 1. The summed E-state index contributed by atoms with van der Waals surface area (Å²) in [5.74, 6) is -2.59. The zero-order chi connectivity index (χ0) is 13.1. The van der Waals surface area contributed by atoms with E-state index in [-0.39, 0.29) is 17.0 Å². The van der Waals surface area contributed by atoms with Crippen LogP contribution in [0.2, 0.25) is 0 Å². The van der Waals surface area contributed by atoms with E-state index in [1.54, 1.807) is 0 Å². The first kappa shape index (κ1) is 12.0. The van der Waals surface area contributed by atoms with Crippen LogP contribution in [-0.4, -0.2) is 16.0 Å². The van der Waals surface area contributed by atoms with Crippen LogP contribution in [0, 0.1) is 11.6 Å². The van der Waals surface area contributed by atoms with Crippen molar-refractivity contribution in [2.24, 2.45) is 0 Å². The van der Waals surface area contributed by atoms with Gasteiger partial charge in [0.15, 0.2) is 5.82 Å². The van der Waals surface area contributed by atoms with Gasteiger partial charge in [-0.2, -0.15) is 0 Å². The second-order valence-corrected chi connectivity index (χ2v) is 3.47. The Labute approximate surface area is 101 Å². The molecule has 0 aliphatic heterocycles. The van der Waals surface area contributed by atoms with Gasteiger partial charge in [0.2, 0.25) is 0 Å². The van der Waals surface area contributed by atoms with Crippen molar-refractivity contribution >= 4 is 11.6 Å². The minimum absolute atomic E-state index is 0.0985. The summed E-state index contributed by atoms with van der Waals surface area (Å²) < 4.78 is 26.2. The number of nitrogens with zero attached hydrogens (tertiary/aromatic N) is 1. The average Bonchev–Trinajstić information content (AvgIpc) is 2.35. The fourth-order valence-electron chi connectivity index (χ4n) is 1.36. The molecule has 0 saturated carbocycles. The van der Waals surface area contributed by atoms with E-state index >= 15 is 0 Å². The second kappa shape index (κ2) is 4.79. The number of phenols is 1. The third-order valence-electron chi connectivity index (χ3n) is 2.22. The largest absolute Gasteiger partial charge is 0.507 e. The predicted molar refractivity (Wildman–Crippen MR) is 60.2 cm³/mol. The Hall–Kier alpha value is -2.50. The number of amides is 1. The lowest BCUT2D eigenvalue weighted by Gasteiger charge is -2.07. The molecule has 0 radical (unpaired) electrons. The Bertz CT molecular complexity index is 602. The molecule has 0 saturated heterocycles. The summed E-state index contributed by atoms with van der Waals surface area (Å²) in [4.78, 5) is 15.2. The number of aromatic hydroxyl groups is 1. The summed E-state index contributed by atoms with van der Waals surface area (Å²) in [6.07, 6.45) is 2.23. The summed E-state index contributed by atoms with van der Waals surface area (Å²) in [5, 5.41) is 11.6. The number of halogens is 2. The van der Waals surface area contributed by atoms with Crippen LogP contribution in [0.25, 0.3) is 0 Å². The third kappa shape index (κ3) is 2.42. The van der Waals surface area contributed by atoms with Crippen LogP contribution < -0.4 is 5.32 Å². The molecule has 2 aromatic rings. The summed E-state index contributed by atoms with van der Waals surface area (Å²) in [7, 11) is 0. The number of phenolic OH excluding ortho intramolecular Hbond substituents is 1. The number of pyridine rings is 1. The maximum absolute atomic E-state index is 13.2. The van der Waals surface area contributed by atoms with Crippen LogP contribution in [0.4, 0.5) is 14.5 Å². The van der Waals surface area contributed by atoms with Gasteiger partial charge in [0.1, 0.15) is 11.6 Å². The molecule has 0 aliphatic rings. The molecule has 4 nitrogen and oxygen atoms in total. The zero-order valence-electron chi connectivity index (χ0n) is 9.02. The summed E-state index contributed by atoms with van der Waals surface area (Å²) >= 11 is 0. The van der Waals surface area contributed by atoms with Gasteiger partial charge in [0, 0.05) is 6.20 Å². The van der Waals surface area contributed by atoms with Crippen molar-refractivity contribution in [3.05, 3.63) is 53.9 Å². The van der Waals surface area contributed by atoms with Crippen LogP contribution in [-0.2, 0) is 0 Å². The maximum Gasteiger partial charge on any atom is 0.259 e. The molecule has 1 aromatic heterocycles. The SMILES string of the molecule is O=C(Nc1ccncc1F)c1cc(F)ccc1O. The Morgan fingerprint density at radius 2 is 2.06 bits per heavy atom. The normalized spacial score (nSPS) is 10.1. The van der Waals surface area contributed by atoms with Crippen LogP contribution >= 0.6 is 0 Å². The van der Waals surface area contributed by atoms with Crippen molar-refractivity contribution in [1.82, 2.24) is 4.98 Å². The summed E-state index contributed by atoms with van der Waals surface area (Å²) in [6, 6.07) is 4.18. The van der Waals surface area contributed by atoms with Gasteiger partial charge in [-0.05, 0) is 24.3 Å². The molecule has 0 atom stereocenters. The molecule has 0 unspecified atom stereocenters. The fourth-order valence-corrected chi connectivity index (χ4v) is 1.36. The average molecular weight is 250 g/mol. The van der Waals surface area contributed by atoms with E-state index in [2.05, 4.69) is 10.3 Å². The number of anilines is 1. The van der Waals surface area contributed by atoms with Crippen LogP contribution in [0.1, 0.15) is 10.4 Å². The molecule has 0 bridgehead atoms. The number of carbonyl (C=O) groups excluding carboxylic acids is 1. The highest BCUT2D eigenvalue weighted by molar-refractivity contribution is 6.06.